The van der Waals surface area contributed by atoms with Crippen molar-refractivity contribution in [3.63, 3.8) is 0 Å². The van der Waals surface area contributed by atoms with E-state index in [-0.39, 0.29) is 63.2 Å². The molecule has 15 heteroatoms. The third kappa shape index (κ3) is 17.2. The summed E-state index contributed by atoms with van der Waals surface area (Å²) in [5.74, 6) is 1.65. The van der Waals surface area contributed by atoms with Crippen molar-refractivity contribution in [1.29, 1.82) is 0 Å². The number of benzene rings is 18. The Balaban J connectivity index is 0.000000120. The number of rotatable bonds is 15. The van der Waals surface area contributed by atoms with Crippen molar-refractivity contribution in [2.75, 3.05) is 0 Å². The van der Waals surface area contributed by atoms with Crippen LogP contribution in [0.15, 0.2) is 469 Å². The molecule has 0 radical (unpaired) electrons. The molecule has 0 atom stereocenters. The summed E-state index contributed by atoms with van der Waals surface area (Å²) in [6.45, 7) is 0. The second-order valence-corrected chi connectivity index (χ2v) is 33.8. The summed E-state index contributed by atoms with van der Waals surface area (Å²) in [6, 6.07) is 172. The Morgan fingerprint density at radius 2 is 0.567 bits per heavy atom. The Kier molecular flexibility index (Phi) is 24.8. The second-order valence-electron chi connectivity index (χ2n) is 33.8. The van der Waals surface area contributed by atoms with Gasteiger partial charge in [0.15, 0.2) is 0 Å². The molecule has 0 aliphatic carbocycles. The molecule has 0 bridgehead atoms. The van der Waals surface area contributed by atoms with Gasteiger partial charge in [-0.15, -0.1) is 132 Å². The van der Waals surface area contributed by atoms with Crippen LogP contribution in [-0.4, -0.2) is 43.6 Å². The molecule has 9 heterocycles. The Labute approximate surface area is 855 Å². The van der Waals surface area contributed by atoms with Gasteiger partial charge in [0.05, 0.1) is 16.6 Å². The normalized spacial score (nSPS) is 11.2. The van der Waals surface area contributed by atoms with Crippen LogP contribution in [0.1, 0.15) is 0 Å². The molecule has 0 N–H and O–H groups in total. The SMILES string of the molecule is [Pt+2].[Pt+2].[Pt+2].[c-]1c(-c2ccccn2)cc(-c2ccc(-c3ccccc3)cc2)cc1-n1c2[c-]c(-c3nc4ccccc4o3)ccc2c2ccccc21.[c-]1c(-c2ncccc2-c2ccc(-c3ccccc3)cc2)cccc1-n1c2[c-]c(-c3nc4ccccc4o3)ccc2c2ccccc21.[c-]1c(-n2c3[c-]c(-c4nc5ccccc5o4)ccc3c3ccccc32)ccc(-c2ccc(-c3ccccc3)cc2)c1-c1ccccn1. The van der Waals surface area contributed by atoms with Gasteiger partial charge < -0.3 is 41.9 Å². The van der Waals surface area contributed by atoms with E-state index < -0.39 is 0 Å². The van der Waals surface area contributed by atoms with Gasteiger partial charge in [-0.2, -0.15) is 0 Å². The van der Waals surface area contributed by atoms with Gasteiger partial charge in [-0.05, 0) is 190 Å². The minimum Gasteiger partial charge on any atom is -0.481 e. The van der Waals surface area contributed by atoms with E-state index in [0.29, 0.717) is 17.7 Å². The Hall–Kier alpha value is -16.7. The van der Waals surface area contributed by atoms with Gasteiger partial charge in [-0.1, -0.05) is 335 Å². The molecule has 0 saturated heterocycles. The summed E-state index contributed by atoms with van der Waals surface area (Å²) in [7, 11) is 0. The topological polar surface area (TPSA) is 132 Å². The van der Waals surface area contributed by atoms with E-state index in [0.717, 1.165) is 200 Å². The summed E-state index contributed by atoms with van der Waals surface area (Å²) in [4.78, 5) is 28.5. The van der Waals surface area contributed by atoms with Crippen molar-refractivity contribution >= 4 is 98.7 Å². The monoisotopic (exact) mass is 2350 g/mol. The van der Waals surface area contributed by atoms with E-state index >= 15 is 0 Å². The van der Waals surface area contributed by atoms with Crippen LogP contribution in [0.3, 0.4) is 0 Å². The third-order valence-corrected chi connectivity index (χ3v) is 25.5. The average Bonchev–Trinajstić information content (AvgIpc) is 1.59. The Bertz CT molecular complexity index is 9170. The van der Waals surface area contributed by atoms with Crippen LogP contribution in [-0.2, 0) is 63.2 Å². The number of aromatic nitrogens is 9. The van der Waals surface area contributed by atoms with Crippen LogP contribution in [0.4, 0.5) is 0 Å². The number of para-hydroxylation sites is 9. The standard InChI is InChI=1S/3C42H25N3O.3Pt/c1-2-10-28(11-3-1)29-19-21-30(22-20-29)34-15-9-25-43-41(34)31-12-8-13-33(26-31)45-38-17-6-4-14-35(38)36-24-23-32(27-39(36)45)42-44-37-16-5-7-18-40(37)46-42;1-2-10-28(11-3-1)29-17-19-30(20-18-29)33-24-22-32(27-36(33)37-13-8-9-25-43-37)45-39-15-6-4-12-34(39)35-23-21-31(26-40(35)45)42-44-38-14-5-7-16-41(38)46-42;1-2-10-28(11-3-1)29-17-19-30(20-18-29)32-24-33(37-13-8-9-23-43-37)26-34(25-32)45-39-15-6-4-12-35(39)36-22-21-31(27-40(36)45)42-44-38-14-5-7-16-41(38)46-42;;;/h3*1-25H;;;/q3*-2;3*+2. The molecule has 12 nitrogen and oxygen atoms in total. The average molecular weight is 2350 g/mol. The molecule has 0 aliphatic rings. The molecule has 0 saturated carbocycles. The second kappa shape index (κ2) is 39.0. The van der Waals surface area contributed by atoms with Crippen LogP contribution in [0.5, 0.6) is 0 Å². The van der Waals surface area contributed by atoms with E-state index in [1.165, 1.54) is 33.4 Å². The van der Waals surface area contributed by atoms with Crippen LogP contribution < -0.4 is 0 Å². The van der Waals surface area contributed by atoms with Crippen molar-refractivity contribution in [3.8, 4) is 152 Å². The number of oxazole rings is 3. The first-order valence-electron chi connectivity index (χ1n) is 45.8. The summed E-state index contributed by atoms with van der Waals surface area (Å²) >= 11 is 0. The van der Waals surface area contributed by atoms with Crippen LogP contribution in [0, 0.1) is 36.4 Å². The fraction of sp³-hybridized carbons (Fsp3) is 0. The molecule has 0 fully saturated rings. The molecular weight excluding hydrogens is 2270 g/mol. The zero-order valence-electron chi connectivity index (χ0n) is 75.0. The quantitative estimate of drug-likeness (QED) is 0.0921. The van der Waals surface area contributed by atoms with Crippen molar-refractivity contribution in [2.24, 2.45) is 0 Å². The van der Waals surface area contributed by atoms with E-state index in [1.807, 2.05) is 170 Å². The zero-order valence-corrected chi connectivity index (χ0v) is 81.8. The van der Waals surface area contributed by atoms with Crippen molar-refractivity contribution in [1.82, 2.24) is 43.6 Å². The van der Waals surface area contributed by atoms with Crippen molar-refractivity contribution < 1.29 is 76.4 Å². The molecule has 0 unspecified atom stereocenters. The van der Waals surface area contributed by atoms with Crippen LogP contribution in [0.2, 0.25) is 0 Å². The number of hydrogen-bond donors (Lipinski definition) is 0. The predicted octanol–water partition coefficient (Wildman–Crippen LogP) is 31.8. The molecule has 9 aromatic heterocycles. The molecule has 141 heavy (non-hydrogen) atoms. The summed E-state index contributed by atoms with van der Waals surface area (Å²) < 4.78 is 25.1. The molecular formula is C126H75N9O3Pt3. The Morgan fingerprint density at radius 1 is 0.206 bits per heavy atom. The zero-order chi connectivity index (χ0) is 91.4. The van der Waals surface area contributed by atoms with Crippen molar-refractivity contribution in [2.45, 2.75) is 0 Å². The van der Waals surface area contributed by atoms with Gasteiger partial charge in [0.1, 0.15) is 34.4 Å². The molecule has 27 rings (SSSR count). The molecule has 672 valence electrons. The fourth-order valence-electron chi connectivity index (χ4n) is 18.8. The predicted molar refractivity (Wildman–Crippen MR) is 557 cm³/mol. The Morgan fingerprint density at radius 3 is 1.01 bits per heavy atom. The molecule has 27 aromatic rings. The minimum atomic E-state index is 0. The summed E-state index contributed by atoms with van der Waals surface area (Å²) in [5.41, 5.74) is 34.9. The maximum absolute atomic E-state index is 6.15. The van der Waals surface area contributed by atoms with E-state index in [2.05, 4.69) is 335 Å². The van der Waals surface area contributed by atoms with Crippen LogP contribution in [0.25, 0.3) is 251 Å². The number of pyridine rings is 3. The van der Waals surface area contributed by atoms with Gasteiger partial charge in [0.2, 0.25) is 0 Å². The van der Waals surface area contributed by atoms with E-state index in [4.69, 9.17) is 43.2 Å². The van der Waals surface area contributed by atoms with Gasteiger partial charge in [0.25, 0.3) is 0 Å². The third-order valence-electron chi connectivity index (χ3n) is 25.5. The first-order valence-corrected chi connectivity index (χ1v) is 45.8. The molecule has 0 amide bonds. The fourth-order valence-corrected chi connectivity index (χ4v) is 18.8. The first kappa shape index (κ1) is 89.5. The van der Waals surface area contributed by atoms with Gasteiger partial charge >= 0.3 is 63.2 Å². The maximum Gasteiger partial charge on any atom is 2.00 e. The number of nitrogens with zero attached hydrogens (tertiary/aromatic N) is 9. The van der Waals surface area contributed by atoms with Crippen LogP contribution >= 0.6 is 0 Å². The van der Waals surface area contributed by atoms with Gasteiger partial charge in [-0.25, -0.2) is 0 Å². The number of fused-ring (bicyclic) bond motifs is 12. The van der Waals surface area contributed by atoms with Gasteiger partial charge in [-0.3, -0.25) is 15.0 Å². The largest absolute Gasteiger partial charge is 2.00 e. The molecule has 0 aliphatic heterocycles. The molecule has 18 aromatic carbocycles. The smallest absolute Gasteiger partial charge is 0.481 e. The van der Waals surface area contributed by atoms with Crippen molar-refractivity contribution in [3.05, 3.63) is 492 Å². The minimum absolute atomic E-state index is 0. The number of hydrogen-bond acceptors (Lipinski definition) is 9. The van der Waals surface area contributed by atoms with Gasteiger partial charge in [0, 0.05) is 35.1 Å². The van der Waals surface area contributed by atoms with E-state index in [9.17, 15) is 0 Å². The molecule has 0 spiro atoms. The summed E-state index contributed by atoms with van der Waals surface area (Å²) in [6.07, 6.45) is 5.50. The first-order chi connectivity index (χ1) is 68.4. The van der Waals surface area contributed by atoms with E-state index in [1.54, 1.807) is 0 Å². The maximum atomic E-state index is 6.15. The summed E-state index contributed by atoms with van der Waals surface area (Å²) in [5, 5.41) is 6.74.